The number of piperazine rings is 1. The monoisotopic (exact) mass is 182 g/mol. The fourth-order valence-electron chi connectivity index (χ4n) is 2.85. The minimum absolute atomic E-state index is 0.899. The zero-order valence-electron chi connectivity index (χ0n) is 8.76. The highest BCUT2D eigenvalue weighted by molar-refractivity contribution is 4.83. The van der Waals surface area contributed by atoms with Gasteiger partial charge in [0, 0.05) is 32.2 Å². The minimum Gasteiger partial charge on any atom is -0.314 e. The van der Waals surface area contributed by atoms with E-state index in [1.54, 1.807) is 0 Å². The molecular weight excluding hydrogens is 160 g/mol. The van der Waals surface area contributed by atoms with Crippen LogP contribution in [0.4, 0.5) is 0 Å². The summed E-state index contributed by atoms with van der Waals surface area (Å²) in [4.78, 5) is 2.71. The second kappa shape index (κ2) is 4.43. The van der Waals surface area contributed by atoms with Crippen LogP contribution < -0.4 is 5.32 Å². The predicted molar refractivity (Wildman–Crippen MR) is 55.9 cm³/mol. The van der Waals surface area contributed by atoms with Crippen LogP contribution in [0.15, 0.2) is 0 Å². The molecule has 2 aliphatic rings. The first-order valence-corrected chi connectivity index (χ1v) is 5.82. The third-order valence-corrected chi connectivity index (χ3v) is 3.69. The first kappa shape index (κ1) is 9.47. The third kappa shape index (κ3) is 2.23. The summed E-state index contributed by atoms with van der Waals surface area (Å²) >= 11 is 0. The molecule has 2 fully saturated rings. The second-order valence-corrected chi connectivity index (χ2v) is 4.62. The molecule has 0 radical (unpaired) electrons. The van der Waals surface area contributed by atoms with Crippen molar-refractivity contribution in [2.24, 2.45) is 5.92 Å². The molecule has 2 nitrogen and oxygen atoms in total. The molecule has 76 valence electrons. The Kier molecular flexibility index (Phi) is 3.23. The van der Waals surface area contributed by atoms with Crippen LogP contribution in [0, 0.1) is 5.92 Å². The standard InChI is InChI=1S/C11H22N2/c1-10-4-2-3-5-11(10)13-8-6-12-7-9-13/h10-12H,2-9H2,1H3/t10-,11-/m0/s1. The highest BCUT2D eigenvalue weighted by Crippen LogP contribution is 2.27. The Hall–Kier alpha value is -0.0800. The van der Waals surface area contributed by atoms with E-state index in [-0.39, 0.29) is 0 Å². The molecule has 1 heterocycles. The molecule has 2 atom stereocenters. The number of nitrogens with zero attached hydrogens (tertiary/aromatic N) is 1. The Morgan fingerprint density at radius 3 is 2.46 bits per heavy atom. The summed E-state index contributed by atoms with van der Waals surface area (Å²) in [6, 6.07) is 0.899. The topological polar surface area (TPSA) is 15.3 Å². The normalized spacial score (nSPS) is 37.6. The van der Waals surface area contributed by atoms with Gasteiger partial charge in [0.2, 0.25) is 0 Å². The highest BCUT2D eigenvalue weighted by Gasteiger charge is 2.27. The average Bonchev–Trinajstić information content (AvgIpc) is 2.20. The zero-order chi connectivity index (χ0) is 9.10. The van der Waals surface area contributed by atoms with Crippen LogP contribution in [0.25, 0.3) is 0 Å². The molecule has 0 aromatic heterocycles. The molecule has 1 aliphatic carbocycles. The summed E-state index contributed by atoms with van der Waals surface area (Å²) in [7, 11) is 0. The van der Waals surface area contributed by atoms with E-state index in [0.717, 1.165) is 12.0 Å². The van der Waals surface area contributed by atoms with Crippen LogP contribution in [0.5, 0.6) is 0 Å². The SMILES string of the molecule is C[C@H]1CCCC[C@@H]1N1CCNCC1. The molecule has 0 bridgehead atoms. The smallest absolute Gasteiger partial charge is 0.0122 e. The number of rotatable bonds is 1. The van der Waals surface area contributed by atoms with Gasteiger partial charge in [-0.2, -0.15) is 0 Å². The molecule has 1 aliphatic heterocycles. The van der Waals surface area contributed by atoms with Gasteiger partial charge in [-0.25, -0.2) is 0 Å². The van der Waals surface area contributed by atoms with Crippen LogP contribution in [-0.4, -0.2) is 37.1 Å². The highest BCUT2D eigenvalue weighted by atomic mass is 15.2. The molecule has 2 rings (SSSR count). The van der Waals surface area contributed by atoms with Crippen molar-refractivity contribution in [3.63, 3.8) is 0 Å². The lowest BCUT2D eigenvalue weighted by Gasteiger charge is -2.40. The maximum Gasteiger partial charge on any atom is 0.0122 e. The summed E-state index contributed by atoms with van der Waals surface area (Å²) in [5, 5.41) is 3.43. The molecule has 13 heavy (non-hydrogen) atoms. The van der Waals surface area contributed by atoms with Gasteiger partial charge < -0.3 is 5.32 Å². The van der Waals surface area contributed by atoms with Crippen LogP contribution in [0.3, 0.4) is 0 Å². The first-order chi connectivity index (χ1) is 6.38. The van der Waals surface area contributed by atoms with Gasteiger partial charge in [-0.05, 0) is 18.8 Å². The van der Waals surface area contributed by atoms with E-state index in [1.807, 2.05) is 0 Å². The molecule has 0 aromatic carbocycles. The van der Waals surface area contributed by atoms with E-state index < -0.39 is 0 Å². The minimum atomic E-state index is 0.899. The lowest BCUT2D eigenvalue weighted by Crippen LogP contribution is -2.51. The van der Waals surface area contributed by atoms with Crippen molar-refractivity contribution in [1.82, 2.24) is 10.2 Å². The van der Waals surface area contributed by atoms with Crippen LogP contribution in [0.2, 0.25) is 0 Å². The van der Waals surface area contributed by atoms with E-state index in [0.29, 0.717) is 0 Å². The Morgan fingerprint density at radius 2 is 1.77 bits per heavy atom. The number of nitrogens with one attached hydrogen (secondary N) is 1. The van der Waals surface area contributed by atoms with Crippen molar-refractivity contribution in [2.75, 3.05) is 26.2 Å². The molecule has 0 amide bonds. The van der Waals surface area contributed by atoms with Crippen molar-refractivity contribution in [2.45, 2.75) is 38.6 Å². The van der Waals surface area contributed by atoms with Gasteiger partial charge in [0.25, 0.3) is 0 Å². The predicted octanol–water partition coefficient (Wildman–Crippen LogP) is 1.47. The van der Waals surface area contributed by atoms with Crippen LogP contribution in [-0.2, 0) is 0 Å². The summed E-state index contributed by atoms with van der Waals surface area (Å²) in [6.45, 7) is 7.38. The van der Waals surface area contributed by atoms with Crippen molar-refractivity contribution in [3.05, 3.63) is 0 Å². The van der Waals surface area contributed by atoms with Gasteiger partial charge >= 0.3 is 0 Å². The van der Waals surface area contributed by atoms with Crippen LogP contribution in [0.1, 0.15) is 32.6 Å². The van der Waals surface area contributed by atoms with Crippen molar-refractivity contribution in [1.29, 1.82) is 0 Å². The lowest BCUT2D eigenvalue weighted by atomic mass is 9.84. The number of hydrogen-bond acceptors (Lipinski definition) is 2. The van der Waals surface area contributed by atoms with Gasteiger partial charge in [0.05, 0.1) is 0 Å². The molecule has 2 heteroatoms. The first-order valence-electron chi connectivity index (χ1n) is 5.82. The Bertz CT molecular complexity index is 152. The van der Waals surface area contributed by atoms with E-state index in [4.69, 9.17) is 0 Å². The van der Waals surface area contributed by atoms with Crippen molar-refractivity contribution < 1.29 is 0 Å². The lowest BCUT2D eigenvalue weighted by molar-refractivity contribution is 0.0988. The van der Waals surface area contributed by atoms with Crippen molar-refractivity contribution >= 4 is 0 Å². The van der Waals surface area contributed by atoms with E-state index in [2.05, 4.69) is 17.1 Å². The van der Waals surface area contributed by atoms with E-state index in [9.17, 15) is 0 Å². The van der Waals surface area contributed by atoms with Gasteiger partial charge in [0.1, 0.15) is 0 Å². The summed E-state index contributed by atoms with van der Waals surface area (Å²) in [5.74, 6) is 0.937. The quantitative estimate of drug-likeness (QED) is 0.660. The molecule has 1 N–H and O–H groups in total. The molecular formula is C11H22N2. The largest absolute Gasteiger partial charge is 0.314 e. The summed E-state index contributed by atoms with van der Waals surface area (Å²) in [6.07, 6.45) is 5.82. The fourth-order valence-corrected chi connectivity index (χ4v) is 2.85. The molecule has 0 unspecified atom stereocenters. The maximum atomic E-state index is 3.43. The van der Waals surface area contributed by atoms with Crippen molar-refractivity contribution in [3.8, 4) is 0 Å². The Morgan fingerprint density at radius 1 is 1.08 bits per heavy atom. The molecule has 0 aromatic rings. The zero-order valence-corrected chi connectivity index (χ0v) is 8.76. The average molecular weight is 182 g/mol. The number of hydrogen-bond donors (Lipinski definition) is 1. The summed E-state index contributed by atoms with van der Waals surface area (Å²) < 4.78 is 0. The molecule has 1 saturated heterocycles. The van der Waals surface area contributed by atoms with E-state index in [1.165, 1.54) is 51.9 Å². The molecule has 0 spiro atoms. The summed E-state index contributed by atoms with van der Waals surface area (Å²) in [5.41, 5.74) is 0. The van der Waals surface area contributed by atoms with Crippen LogP contribution >= 0.6 is 0 Å². The maximum absolute atomic E-state index is 3.43. The van der Waals surface area contributed by atoms with E-state index >= 15 is 0 Å². The van der Waals surface area contributed by atoms with Gasteiger partial charge in [-0.15, -0.1) is 0 Å². The van der Waals surface area contributed by atoms with Gasteiger partial charge in [0.15, 0.2) is 0 Å². The second-order valence-electron chi connectivity index (χ2n) is 4.62. The third-order valence-electron chi connectivity index (χ3n) is 3.69. The Balaban J connectivity index is 1.88. The van der Waals surface area contributed by atoms with Gasteiger partial charge in [-0.1, -0.05) is 19.8 Å². The van der Waals surface area contributed by atoms with Gasteiger partial charge in [-0.3, -0.25) is 4.90 Å². The fraction of sp³-hybridized carbons (Fsp3) is 1.00. The molecule has 1 saturated carbocycles. The Labute approximate surface area is 81.7 Å².